The summed E-state index contributed by atoms with van der Waals surface area (Å²) in [6.45, 7) is 4.52. The molecular weight excluding hydrogens is 264 g/mol. The summed E-state index contributed by atoms with van der Waals surface area (Å²) >= 11 is 1.38. The minimum absolute atomic E-state index is 0.342. The van der Waals surface area contributed by atoms with Crippen LogP contribution in [0.1, 0.15) is 23.5 Å². The van der Waals surface area contributed by atoms with Crippen molar-refractivity contribution in [3.05, 3.63) is 23.1 Å². The van der Waals surface area contributed by atoms with Gasteiger partial charge in [0.05, 0.1) is 20.3 Å². The van der Waals surface area contributed by atoms with Crippen LogP contribution < -0.4 is 9.47 Å². The molecule has 1 heterocycles. The Morgan fingerprint density at radius 2 is 2.05 bits per heavy atom. The maximum Gasteiger partial charge on any atom is 0.352 e. The molecule has 0 N–H and O–H groups in total. The van der Waals surface area contributed by atoms with Gasteiger partial charge >= 0.3 is 5.97 Å². The molecule has 2 aromatic rings. The van der Waals surface area contributed by atoms with Gasteiger partial charge < -0.3 is 14.2 Å². The highest BCUT2D eigenvalue weighted by atomic mass is 32.1. The largest absolute Gasteiger partial charge is 0.497 e. The lowest BCUT2D eigenvalue weighted by Crippen LogP contribution is -2.05. The molecule has 2 rings (SSSR count). The van der Waals surface area contributed by atoms with E-state index in [9.17, 15) is 4.79 Å². The first kappa shape index (κ1) is 13.7. The van der Waals surface area contributed by atoms with E-state index in [1.54, 1.807) is 14.0 Å². The van der Waals surface area contributed by atoms with E-state index in [4.69, 9.17) is 14.2 Å². The van der Waals surface area contributed by atoms with Crippen LogP contribution in [-0.2, 0) is 4.74 Å². The predicted molar refractivity (Wildman–Crippen MR) is 75.5 cm³/mol. The van der Waals surface area contributed by atoms with E-state index in [0.717, 1.165) is 15.8 Å². The van der Waals surface area contributed by atoms with E-state index in [1.807, 2.05) is 25.1 Å². The quantitative estimate of drug-likeness (QED) is 0.786. The summed E-state index contributed by atoms with van der Waals surface area (Å²) in [5.74, 6) is 0.979. The Morgan fingerprint density at radius 1 is 1.26 bits per heavy atom. The molecule has 0 fully saturated rings. The van der Waals surface area contributed by atoms with Crippen LogP contribution in [-0.4, -0.2) is 26.3 Å². The third-order valence-corrected chi connectivity index (χ3v) is 3.73. The van der Waals surface area contributed by atoms with Gasteiger partial charge in [0.15, 0.2) is 10.6 Å². The number of ether oxygens (including phenoxy) is 3. The van der Waals surface area contributed by atoms with Crippen LogP contribution in [0.25, 0.3) is 10.1 Å². The predicted octanol–water partition coefficient (Wildman–Crippen LogP) is 3.49. The first-order valence-electron chi connectivity index (χ1n) is 6.11. The summed E-state index contributed by atoms with van der Waals surface area (Å²) in [6, 6.07) is 5.66. The molecule has 0 saturated heterocycles. The monoisotopic (exact) mass is 280 g/mol. The fraction of sp³-hybridized carbons (Fsp3) is 0.357. The highest BCUT2D eigenvalue weighted by Gasteiger charge is 2.21. The van der Waals surface area contributed by atoms with Crippen LogP contribution in [0.15, 0.2) is 18.2 Å². The molecule has 102 valence electrons. The first-order chi connectivity index (χ1) is 9.21. The zero-order chi connectivity index (χ0) is 13.8. The van der Waals surface area contributed by atoms with Crippen molar-refractivity contribution in [2.24, 2.45) is 0 Å². The second-order valence-electron chi connectivity index (χ2n) is 3.78. The third kappa shape index (κ3) is 2.66. The summed E-state index contributed by atoms with van der Waals surface area (Å²) in [6.07, 6.45) is 0. The van der Waals surface area contributed by atoms with Gasteiger partial charge in [-0.25, -0.2) is 4.79 Å². The van der Waals surface area contributed by atoms with E-state index in [-0.39, 0.29) is 5.97 Å². The molecule has 0 spiro atoms. The Morgan fingerprint density at radius 3 is 2.68 bits per heavy atom. The average molecular weight is 280 g/mol. The van der Waals surface area contributed by atoms with Gasteiger partial charge in [-0.1, -0.05) is 0 Å². The minimum Gasteiger partial charge on any atom is -0.497 e. The van der Waals surface area contributed by atoms with Crippen molar-refractivity contribution in [1.82, 2.24) is 0 Å². The van der Waals surface area contributed by atoms with E-state index < -0.39 is 0 Å². The number of methoxy groups -OCH3 is 1. The standard InChI is InChI=1S/C14H16O4S/c1-4-17-12-10-8-9(16-3)6-7-11(10)19-13(12)14(15)18-5-2/h6-8H,4-5H2,1-3H3. The SMILES string of the molecule is CCOC(=O)c1sc2ccc(OC)cc2c1OCC. The van der Waals surface area contributed by atoms with E-state index in [0.29, 0.717) is 23.8 Å². The lowest BCUT2D eigenvalue weighted by atomic mass is 10.2. The molecule has 1 aromatic carbocycles. The Bertz CT molecular complexity index is 588. The van der Waals surface area contributed by atoms with Crippen LogP contribution >= 0.6 is 11.3 Å². The summed E-state index contributed by atoms with van der Waals surface area (Å²) in [5.41, 5.74) is 0. The van der Waals surface area contributed by atoms with E-state index >= 15 is 0 Å². The van der Waals surface area contributed by atoms with Gasteiger partial charge in [-0.15, -0.1) is 11.3 Å². The molecule has 0 aliphatic heterocycles. The maximum atomic E-state index is 11.9. The molecule has 19 heavy (non-hydrogen) atoms. The molecule has 0 amide bonds. The average Bonchev–Trinajstić information content (AvgIpc) is 2.78. The van der Waals surface area contributed by atoms with Gasteiger partial charge in [-0.3, -0.25) is 0 Å². The number of fused-ring (bicyclic) bond motifs is 1. The van der Waals surface area contributed by atoms with Crippen molar-refractivity contribution in [3.8, 4) is 11.5 Å². The molecular formula is C14H16O4S. The second-order valence-corrected chi connectivity index (χ2v) is 4.83. The first-order valence-corrected chi connectivity index (χ1v) is 6.93. The van der Waals surface area contributed by atoms with E-state index in [2.05, 4.69) is 0 Å². The number of esters is 1. The Kier molecular flexibility index (Phi) is 4.27. The van der Waals surface area contributed by atoms with Crippen molar-refractivity contribution in [3.63, 3.8) is 0 Å². The zero-order valence-corrected chi connectivity index (χ0v) is 12.0. The molecule has 0 aliphatic carbocycles. The summed E-state index contributed by atoms with van der Waals surface area (Å²) in [7, 11) is 1.61. The molecule has 5 heteroatoms. The summed E-state index contributed by atoms with van der Waals surface area (Å²) in [4.78, 5) is 12.4. The van der Waals surface area contributed by atoms with Crippen molar-refractivity contribution in [2.75, 3.05) is 20.3 Å². The zero-order valence-electron chi connectivity index (χ0n) is 11.2. The van der Waals surface area contributed by atoms with Gasteiger partial charge in [0.1, 0.15) is 5.75 Å². The second kappa shape index (κ2) is 5.93. The fourth-order valence-corrected chi connectivity index (χ4v) is 2.82. The van der Waals surface area contributed by atoms with Crippen molar-refractivity contribution >= 4 is 27.4 Å². The summed E-state index contributed by atoms with van der Waals surface area (Å²) in [5, 5.41) is 0.884. The lowest BCUT2D eigenvalue weighted by Gasteiger charge is -2.05. The van der Waals surface area contributed by atoms with E-state index in [1.165, 1.54) is 11.3 Å². The molecule has 4 nitrogen and oxygen atoms in total. The molecule has 0 aliphatic rings. The topological polar surface area (TPSA) is 44.8 Å². The fourth-order valence-electron chi connectivity index (χ4n) is 1.80. The molecule has 1 aromatic heterocycles. The van der Waals surface area contributed by atoms with Crippen molar-refractivity contribution in [2.45, 2.75) is 13.8 Å². The number of thiophene rings is 1. The number of hydrogen-bond acceptors (Lipinski definition) is 5. The third-order valence-electron chi connectivity index (χ3n) is 2.60. The number of carbonyl (C=O) groups is 1. The lowest BCUT2D eigenvalue weighted by molar-refractivity contribution is 0.0528. The maximum absolute atomic E-state index is 11.9. The molecule has 0 radical (unpaired) electrons. The van der Waals surface area contributed by atoms with Gasteiger partial charge in [-0.2, -0.15) is 0 Å². The van der Waals surface area contributed by atoms with Crippen LogP contribution in [0.5, 0.6) is 11.5 Å². The van der Waals surface area contributed by atoms with Gasteiger partial charge in [0.25, 0.3) is 0 Å². The number of benzene rings is 1. The molecule has 0 unspecified atom stereocenters. The van der Waals surface area contributed by atoms with Crippen molar-refractivity contribution in [1.29, 1.82) is 0 Å². The van der Waals surface area contributed by atoms with Crippen LogP contribution in [0.4, 0.5) is 0 Å². The van der Waals surface area contributed by atoms with Crippen LogP contribution in [0, 0.1) is 0 Å². The number of hydrogen-bond donors (Lipinski definition) is 0. The normalized spacial score (nSPS) is 10.5. The minimum atomic E-state index is -0.342. The molecule has 0 saturated carbocycles. The highest BCUT2D eigenvalue weighted by Crippen LogP contribution is 2.40. The van der Waals surface area contributed by atoms with Gasteiger partial charge in [0.2, 0.25) is 0 Å². The van der Waals surface area contributed by atoms with Gasteiger partial charge in [-0.05, 0) is 32.0 Å². The summed E-state index contributed by atoms with van der Waals surface area (Å²) < 4.78 is 16.9. The van der Waals surface area contributed by atoms with Crippen LogP contribution in [0.3, 0.4) is 0 Å². The Labute approximate surface area is 115 Å². The highest BCUT2D eigenvalue weighted by molar-refractivity contribution is 7.21. The molecule has 0 bridgehead atoms. The number of carbonyl (C=O) groups excluding carboxylic acids is 1. The Hall–Kier alpha value is -1.75. The smallest absolute Gasteiger partial charge is 0.352 e. The number of rotatable bonds is 5. The van der Waals surface area contributed by atoms with Crippen LogP contribution in [0.2, 0.25) is 0 Å². The van der Waals surface area contributed by atoms with Crippen molar-refractivity contribution < 1.29 is 19.0 Å². The molecule has 0 atom stereocenters. The Balaban J connectivity index is 2.56. The van der Waals surface area contributed by atoms with Gasteiger partial charge in [0, 0.05) is 10.1 Å².